The molecule has 31 heavy (non-hydrogen) atoms. The number of halogens is 3. The summed E-state index contributed by atoms with van der Waals surface area (Å²) < 4.78 is 39.2. The van der Waals surface area contributed by atoms with E-state index in [0.717, 1.165) is 34.7 Å². The number of ether oxygens (including phenoxy) is 2. The van der Waals surface area contributed by atoms with Crippen molar-refractivity contribution in [2.45, 2.75) is 25.6 Å². The van der Waals surface area contributed by atoms with E-state index in [1.165, 1.54) is 6.07 Å². The first kappa shape index (κ1) is 19.8. The van der Waals surface area contributed by atoms with Gasteiger partial charge in [-0.05, 0) is 67.1 Å². The van der Waals surface area contributed by atoms with Gasteiger partial charge in [0.15, 0.2) is 11.6 Å². The maximum Gasteiger partial charge on any atom is 0.213 e. The fourth-order valence-corrected chi connectivity index (χ4v) is 4.21. The second-order valence-electron chi connectivity index (χ2n) is 7.43. The molecule has 0 fully saturated rings. The summed E-state index contributed by atoms with van der Waals surface area (Å²) in [6.07, 6.45) is -0.0563. The summed E-state index contributed by atoms with van der Waals surface area (Å²) in [4.78, 5) is 0. The molecular formula is C24H19ClF2N2O2. The Morgan fingerprint density at radius 1 is 1.06 bits per heavy atom. The van der Waals surface area contributed by atoms with Crippen LogP contribution in [0.4, 0.5) is 8.78 Å². The van der Waals surface area contributed by atoms with Gasteiger partial charge in [-0.1, -0.05) is 17.7 Å². The van der Waals surface area contributed by atoms with Gasteiger partial charge in [-0.15, -0.1) is 0 Å². The molecule has 0 bridgehead atoms. The average Bonchev–Trinajstić information content (AvgIpc) is 3.22. The maximum atomic E-state index is 14.0. The molecule has 4 nitrogen and oxygen atoms in total. The molecule has 0 aromatic heterocycles. The zero-order valence-electron chi connectivity index (χ0n) is 16.7. The quantitative estimate of drug-likeness (QED) is 0.480. The summed E-state index contributed by atoms with van der Waals surface area (Å²) in [6.45, 7) is 2.54. The Morgan fingerprint density at radius 3 is 2.61 bits per heavy atom. The fraction of sp³-hybridized carbons (Fsp3) is 0.208. The van der Waals surface area contributed by atoms with Gasteiger partial charge in [0.05, 0.1) is 18.4 Å². The molecule has 2 aliphatic heterocycles. The highest BCUT2D eigenvalue weighted by molar-refractivity contribution is 6.30. The number of hydrazone groups is 1. The van der Waals surface area contributed by atoms with Crippen molar-refractivity contribution < 1.29 is 18.3 Å². The Hall–Kier alpha value is -3.12. The van der Waals surface area contributed by atoms with Gasteiger partial charge in [0.25, 0.3) is 0 Å². The van der Waals surface area contributed by atoms with E-state index in [0.29, 0.717) is 29.4 Å². The lowest BCUT2D eigenvalue weighted by molar-refractivity contribution is -0.0192. The van der Waals surface area contributed by atoms with Crippen molar-refractivity contribution in [3.63, 3.8) is 0 Å². The van der Waals surface area contributed by atoms with E-state index in [2.05, 4.69) is 0 Å². The van der Waals surface area contributed by atoms with Crippen LogP contribution in [0.1, 0.15) is 42.3 Å². The van der Waals surface area contributed by atoms with E-state index in [1.54, 1.807) is 17.1 Å². The molecule has 0 unspecified atom stereocenters. The standard InChI is InChI=1S/C24H19ClF2N2O2/c1-2-30-17-7-3-14(4-8-17)21-13-22-18-12-16(25)6-10-23(18)31-24(29(22)28-21)15-5-9-19(26)20(27)11-15/h3-12,22,24H,2,13H2,1H3/t22-,24+/m1/s1. The average molecular weight is 441 g/mol. The van der Waals surface area contributed by atoms with Crippen LogP contribution in [-0.4, -0.2) is 17.3 Å². The molecule has 0 spiro atoms. The van der Waals surface area contributed by atoms with Gasteiger partial charge >= 0.3 is 0 Å². The predicted molar refractivity (Wildman–Crippen MR) is 115 cm³/mol. The zero-order chi connectivity index (χ0) is 21.5. The summed E-state index contributed by atoms with van der Waals surface area (Å²) >= 11 is 6.24. The highest BCUT2D eigenvalue weighted by Crippen LogP contribution is 2.48. The third-order valence-electron chi connectivity index (χ3n) is 5.48. The minimum Gasteiger partial charge on any atom is -0.494 e. The van der Waals surface area contributed by atoms with E-state index < -0.39 is 17.9 Å². The molecule has 2 atom stereocenters. The molecule has 0 saturated heterocycles. The number of hydrogen-bond acceptors (Lipinski definition) is 4. The Kier molecular flexibility index (Phi) is 5.02. The minimum absolute atomic E-state index is 0.137. The van der Waals surface area contributed by atoms with Crippen molar-refractivity contribution in [3.8, 4) is 11.5 Å². The highest BCUT2D eigenvalue weighted by Gasteiger charge is 2.41. The van der Waals surface area contributed by atoms with Crippen molar-refractivity contribution in [1.29, 1.82) is 0 Å². The maximum absolute atomic E-state index is 14.0. The van der Waals surface area contributed by atoms with Crippen LogP contribution in [0.15, 0.2) is 65.8 Å². The Balaban J connectivity index is 1.55. The lowest BCUT2D eigenvalue weighted by Gasteiger charge is -2.38. The van der Waals surface area contributed by atoms with E-state index in [4.69, 9.17) is 26.2 Å². The molecule has 3 aromatic carbocycles. The van der Waals surface area contributed by atoms with Crippen molar-refractivity contribution >= 4 is 17.3 Å². The lowest BCUT2D eigenvalue weighted by Crippen LogP contribution is -2.33. The van der Waals surface area contributed by atoms with Gasteiger partial charge in [0, 0.05) is 22.6 Å². The van der Waals surface area contributed by atoms with E-state index in [1.807, 2.05) is 37.3 Å². The van der Waals surface area contributed by atoms with Crippen molar-refractivity contribution in [2.24, 2.45) is 5.10 Å². The second kappa shape index (κ2) is 7.85. The number of benzene rings is 3. The van der Waals surface area contributed by atoms with Crippen LogP contribution in [0.5, 0.6) is 11.5 Å². The molecule has 0 amide bonds. The van der Waals surface area contributed by atoms with E-state index >= 15 is 0 Å². The largest absolute Gasteiger partial charge is 0.494 e. The first-order valence-electron chi connectivity index (χ1n) is 10.0. The highest BCUT2D eigenvalue weighted by atomic mass is 35.5. The predicted octanol–water partition coefficient (Wildman–Crippen LogP) is 6.26. The summed E-state index contributed by atoms with van der Waals surface area (Å²) in [7, 11) is 0. The molecular weight excluding hydrogens is 422 g/mol. The molecule has 2 heterocycles. The normalized spacial score (nSPS) is 19.4. The number of fused-ring (bicyclic) bond motifs is 3. The topological polar surface area (TPSA) is 34.1 Å². The summed E-state index contributed by atoms with van der Waals surface area (Å²) in [5, 5.41) is 7.22. The second-order valence-corrected chi connectivity index (χ2v) is 7.87. The van der Waals surface area contributed by atoms with Crippen LogP contribution in [0, 0.1) is 11.6 Å². The molecule has 158 valence electrons. The number of nitrogens with zero attached hydrogens (tertiary/aromatic N) is 2. The monoisotopic (exact) mass is 440 g/mol. The van der Waals surface area contributed by atoms with Gasteiger partial charge in [-0.2, -0.15) is 5.10 Å². The van der Waals surface area contributed by atoms with Crippen molar-refractivity contribution in [1.82, 2.24) is 5.01 Å². The summed E-state index contributed by atoms with van der Waals surface area (Å²) in [6, 6.07) is 16.8. The van der Waals surface area contributed by atoms with Crippen molar-refractivity contribution in [3.05, 3.63) is 94.0 Å². The van der Waals surface area contributed by atoms with Gasteiger partial charge in [-0.25, -0.2) is 13.8 Å². The first-order chi connectivity index (χ1) is 15.0. The van der Waals surface area contributed by atoms with Crippen LogP contribution >= 0.6 is 11.6 Å². The number of rotatable bonds is 4. The molecule has 0 aliphatic carbocycles. The fourth-order valence-electron chi connectivity index (χ4n) is 4.03. The minimum atomic E-state index is -0.922. The molecule has 2 aliphatic rings. The third-order valence-corrected chi connectivity index (χ3v) is 5.71. The Labute approximate surface area is 183 Å². The van der Waals surface area contributed by atoms with Crippen LogP contribution in [0.3, 0.4) is 0 Å². The van der Waals surface area contributed by atoms with Gasteiger partial charge in [-0.3, -0.25) is 0 Å². The Bertz CT molecular complexity index is 1170. The molecule has 7 heteroatoms. The van der Waals surface area contributed by atoms with Crippen LogP contribution in [0.2, 0.25) is 5.02 Å². The van der Waals surface area contributed by atoms with Crippen molar-refractivity contribution in [2.75, 3.05) is 6.61 Å². The molecule has 0 N–H and O–H groups in total. The third kappa shape index (κ3) is 3.61. The smallest absolute Gasteiger partial charge is 0.213 e. The summed E-state index contributed by atoms with van der Waals surface area (Å²) in [5.41, 5.74) is 3.24. The van der Waals surface area contributed by atoms with Gasteiger partial charge in [0.1, 0.15) is 11.5 Å². The number of hydrogen-bond donors (Lipinski definition) is 0. The summed E-state index contributed by atoms with van der Waals surface area (Å²) in [5.74, 6) is -0.371. The van der Waals surface area contributed by atoms with Gasteiger partial charge in [0.2, 0.25) is 6.23 Å². The molecule has 0 saturated carbocycles. The van der Waals surface area contributed by atoms with Gasteiger partial charge < -0.3 is 9.47 Å². The lowest BCUT2D eigenvalue weighted by atomic mass is 9.96. The van der Waals surface area contributed by atoms with Crippen LogP contribution in [0.25, 0.3) is 0 Å². The Morgan fingerprint density at radius 2 is 1.87 bits per heavy atom. The molecule has 5 rings (SSSR count). The SMILES string of the molecule is CCOc1ccc(C2=NN3[C@H](C2)c2cc(Cl)ccc2O[C@H]3c2ccc(F)c(F)c2)cc1. The van der Waals surface area contributed by atoms with Crippen LogP contribution in [-0.2, 0) is 0 Å². The molecule has 0 radical (unpaired) electrons. The van der Waals surface area contributed by atoms with E-state index in [9.17, 15) is 8.78 Å². The first-order valence-corrected chi connectivity index (χ1v) is 10.4. The molecule has 3 aromatic rings. The van der Waals surface area contributed by atoms with E-state index in [-0.39, 0.29) is 6.04 Å². The zero-order valence-corrected chi connectivity index (χ0v) is 17.4. The van der Waals surface area contributed by atoms with Crippen LogP contribution < -0.4 is 9.47 Å².